The van der Waals surface area contributed by atoms with Crippen molar-refractivity contribution in [1.82, 2.24) is 4.98 Å². The number of para-hydroxylation sites is 1. The van der Waals surface area contributed by atoms with E-state index in [2.05, 4.69) is 29.8 Å². The lowest BCUT2D eigenvalue weighted by molar-refractivity contribution is 0.388. The second kappa shape index (κ2) is 8.64. The molecule has 0 aliphatic carbocycles. The molecular weight excluding hydrogens is 464 g/mol. The van der Waals surface area contributed by atoms with Gasteiger partial charge in [0.1, 0.15) is 22.4 Å². The Hall–Kier alpha value is -4.02. The highest BCUT2D eigenvalue weighted by atomic mass is 35.5. The van der Waals surface area contributed by atoms with Crippen LogP contribution in [0.25, 0.3) is 21.9 Å². The molecule has 176 valence electrons. The number of nitrogens with two attached hydrogens (primary N) is 1. The highest BCUT2D eigenvalue weighted by Crippen LogP contribution is 2.46. The maximum absolute atomic E-state index is 13.4. The van der Waals surface area contributed by atoms with Crippen LogP contribution in [-0.4, -0.2) is 18.1 Å². The van der Waals surface area contributed by atoms with Gasteiger partial charge < -0.3 is 19.8 Å². The molecule has 1 atom stereocenters. The summed E-state index contributed by atoms with van der Waals surface area (Å²) < 4.78 is 11.6. The fourth-order valence-corrected chi connectivity index (χ4v) is 4.99. The van der Waals surface area contributed by atoms with Crippen LogP contribution in [0.2, 0.25) is 5.15 Å². The predicted octanol–water partition coefficient (Wildman–Crippen LogP) is 5.37. The summed E-state index contributed by atoms with van der Waals surface area (Å²) in [5.41, 5.74) is 9.36. The van der Waals surface area contributed by atoms with E-state index in [-0.39, 0.29) is 27.9 Å². The lowest BCUT2D eigenvalue weighted by Gasteiger charge is -2.27. The molecule has 0 fully saturated rings. The van der Waals surface area contributed by atoms with Crippen molar-refractivity contribution in [3.63, 3.8) is 0 Å². The van der Waals surface area contributed by atoms with E-state index >= 15 is 0 Å². The van der Waals surface area contributed by atoms with Crippen molar-refractivity contribution in [3.8, 4) is 11.8 Å². The summed E-state index contributed by atoms with van der Waals surface area (Å²) in [5, 5.41) is 11.6. The summed E-state index contributed by atoms with van der Waals surface area (Å²) in [5.74, 6) is -0.689. The maximum atomic E-state index is 13.4. The highest BCUT2D eigenvalue weighted by molar-refractivity contribution is 6.30. The second-order valence-corrected chi connectivity index (χ2v) is 8.78. The van der Waals surface area contributed by atoms with Gasteiger partial charge in [-0.1, -0.05) is 29.8 Å². The van der Waals surface area contributed by atoms with Crippen molar-refractivity contribution in [3.05, 3.63) is 86.2 Å². The first kappa shape index (κ1) is 22.8. The van der Waals surface area contributed by atoms with Crippen molar-refractivity contribution in [2.45, 2.75) is 26.7 Å². The number of pyridine rings is 1. The van der Waals surface area contributed by atoms with E-state index < -0.39 is 11.5 Å². The molecule has 0 amide bonds. The minimum Gasteiger partial charge on any atom is -0.439 e. The zero-order valence-corrected chi connectivity index (χ0v) is 20.3. The summed E-state index contributed by atoms with van der Waals surface area (Å²) in [6.45, 7) is 7.68. The van der Waals surface area contributed by atoms with E-state index in [0.29, 0.717) is 16.5 Å². The third-order valence-corrected chi connectivity index (χ3v) is 6.82. The third kappa shape index (κ3) is 3.58. The zero-order valence-electron chi connectivity index (χ0n) is 19.6. The van der Waals surface area contributed by atoms with E-state index in [1.54, 1.807) is 0 Å². The average molecular weight is 487 g/mol. The second-order valence-electron chi connectivity index (χ2n) is 8.42. The fourth-order valence-electron chi connectivity index (χ4n) is 4.75. The van der Waals surface area contributed by atoms with Crippen LogP contribution in [0.5, 0.6) is 5.75 Å². The number of aryl methyl sites for hydroxylation is 1. The Balaban J connectivity index is 1.79. The molecule has 0 bridgehead atoms. The highest BCUT2D eigenvalue weighted by Gasteiger charge is 2.37. The summed E-state index contributed by atoms with van der Waals surface area (Å²) >= 11 is 6.64. The van der Waals surface area contributed by atoms with Crippen LogP contribution in [0.3, 0.4) is 0 Å². The van der Waals surface area contributed by atoms with Crippen molar-refractivity contribution in [2.24, 2.45) is 5.73 Å². The fraction of sp³-hybridized carbons (Fsp3) is 0.222. The standard InChI is InChI=1S/C27H23ClN4O3/c1-4-32(5-2)16-9-10-17-20(12-16)34-27(33)22-21(19(13-29)26(30)35-24(17)22)18-11-15-8-6-7-14(3)23(15)31-25(18)28/h6-12,21H,4-5,30H2,1-3H3/t21-/m0/s1. The van der Waals surface area contributed by atoms with Gasteiger partial charge in [-0.2, -0.15) is 5.26 Å². The van der Waals surface area contributed by atoms with Gasteiger partial charge in [-0.15, -0.1) is 0 Å². The summed E-state index contributed by atoms with van der Waals surface area (Å²) in [7, 11) is 0. The average Bonchev–Trinajstić information content (AvgIpc) is 2.84. The molecule has 2 aromatic carbocycles. The van der Waals surface area contributed by atoms with E-state index in [9.17, 15) is 10.1 Å². The molecule has 2 N–H and O–H groups in total. The topological polar surface area (TPSA) is 105 Å². The van der Waals surface area contributed by atoms with E-state index in [1.165, 1.54) is 0 Å². The predicted molar refractivity (Wildman–Crippen MR) is 137 cm³/mol. The Labute approximate surface area is 207 Å². The van der Waals surface area contributed by atoms with Gasteiger partial charge in [-0.3, -0.25) is 0 Å². The minimum atomic E-state index is -0.878. The Bertz CT molecular complexity index is 1630. The number of ether oxygens (including phenoxy) is 1. The van der Waals surface area contributed by atoms with Gasteiger partial charge in [0.15, 0.2) is 5.75 Å². The van der Waals surface area contributed by atoms with Crippen LogP contribution in [0.1, 0.15) is 36.5 Å². The maximum Gasteiger partial charge on any atom is 0.344 e. The van der Waals surface area contributed by atoms with Gasteiger partial charge in [-0.25, -0.2) is 9.78 Å². The van der Waals surface area contributed by atoms with Gasteiger partial charge >= 0.3 is 5.63 Å². The Kier molecular flexibility index (Phi) is 5.62. The van der Waals surface area contributed by atoms with Crippen molar-refractivity contribution in [2.75, 3.05) is 18.0 Å². The number of allylic oxidation sites excluding steroid dienone is 1. The Morgan fingerprint density at radius 1 is 1.20 bits per heavy atom. The molecule has 0 saturated heterocycles. The first-order valence-electron chi connectivity index (χ1n) is 11.4. The Morgan fingerprint density at radius 3 is 2.69 bits per heavy atom. The van der Waals surface area contributed by atoms with Crippen molar-refractivity contribution in [1.29, 1.82) is 5.26 Å². The quantitative estimate of drug-likeness (QED) is 0.305. The van der Waals surface area contributed by atoms with Crippen LogP contribution in [0.4, 0.5) is 5.69 Å². The number of halogens is 1. The molecule has 1 aliphatic heterocycles. The zero-order chi connectivity index (χ0) is 24.9. The van der Waals surface area contributed by atoms with Crippen LogP contribution < -0.4 is 21.0 Å². The number of hydrogen-bond donors (Lipinski definition) is 1. The molecule has 7 nitrogen and oxygen atoms in total. The van der Waals surface area contributed by atoms with Gasteiger partial charge in [0, 0.05) is 35.8 Å². The number of aromatic nitrogens is 1. The minimum absolute atomic E-state index is 0.0786. The first-order chi connectivity index (χ1) is 16.9. The molecule has 0 saturated carbocycles. The van der Waals surface area contributed by atoms with Crippen LogP contribution in [0, 0.1) is 18.3 Å². The molecule has 2 aromatic heterocycles. The lowest BCUT2D eigenvalue weighted by atomic mass is 9.84. The SMILES string of the molecule is CCN(CC)c1ccc2c3c(c(=O)oc2c1)[C@@H](c1cc2cccc(C)c2nc1Cl)C(C#N)=C(N)O3. The number of nitriles is 1. The lowest BCUT2D eigenvalue weighted by Crippen LogP contribution is -2.27. The molecule has 3 heterocycles. The van der Waals surface area contributed by atoms with Gasteiger partial charge in [0.2, 0.25) is 5.88 Å². The van der Waals surface area contributed by atoms with E-state index in [0.717, 1.165) is 35.2 Å². The molecule has 0 radical (unpaired) electrons. The molecule has 1 aliphatic rings. The largest absolute Gasteiger partial charge is 0.439 e. The number of anilines is 1. The molecule has 0 spiro atoms. The third-order valence-electron chi connectivity index (χ3n) is 6.52. The number of fused-ring (bicyclic) bond motifs is 4. The summed E-state index contributed by atoms with van der Waals surface area (Å²) in [6, 6.07) is 15.3. The van der Waals surface area contributed by atoms with Gasteiger partial charge in [-0.05, 0) is 44.5 Å². The number of hydrogen-bond acceptors (Lipinski definition) is 7. The van der Waals surface area contributed by atoms with E-state index in [4.69, 9.17) is 26.5 Å². The molecule has 0 unspecified atom stereocenters. The van der Waals surface area contributed by atoms with E-state index in [1.807, 2.05) is 49.4 Å². The van der Waals surface area contributed by atoms with Gasteiger partial charge in [0.05, 0.1) is 22.4 Å². The van der Waals surface area contributed by atoms with Crippen molar-refractivity contribution < 1.29 is 9.15 Å². The molecular formula is C27H23ClN4O3. The molecule has 35 heavy (non-hydrogen) atoms. The normalized spacial score (nSPS) is 15.1. The monoisotopic (exact) mass is 486 g/mol. The summed E-state index contributed by atoms with van der Waals surface area (Å²) in [6.07, 6.45) is 0. The smallest absolute Gasteiger partial charge is 0.344 e. The van der Waals surface area contributed by atoms with Crippen LogP contribution in [-0.2, 0) is 0 Å². The van der Waals surface area contributed by atoms with Crippen LogP contribution >= 0.6 is 11.6 Å². The molecule has 8 heteroatoms. The summed E-state index contributed by atoms with van der Waals surface area (Å²) in [4.78, 5) is 20.1. The van der Waals surface area contributed by atoms with Gasteiger partial charge in [0.25, 0.3) is 0 Å². The van der Waals surface area contributed by atoms with Crippen LogP contribution in [0.15, 0.2) is 63.1 Å². The first-order valence-corrected chi connectivity index (χ1v) is 11.7. The molecule has 4 aromatic rings. The Morgan fingerprint density at radius 2 is 1.97 bits per heavy atom. The number of benzene rings is 2. The van der Waals surface area contributed by atoms with Crippen molar-refractivity contribution >= 4 is 39.2 Å². The molecule has 5 rings (SSSR count). The number of rotatable bonds is 4. The number of nitrogens with zero attached hydrogens (tertiary/aromatic N) is 3.